The number of fused-ring (bicyclic) bond motifs is 1. The molecule has 0 aliphatic carbocycles. The topological polar surface area (TPSA) is 85.8 Å². The van der Waals surface area contributed by atoms with Crippen LogP contribution in [0.25, 0.3) is 39.5 Å². The molecule has 7 rings (SSSR count). The fraction of sp³-hybridized carbons (Fsp3) is 0.0286. The minimum absolute atomic E-state index is 0.162. The van der Waals surface area contributed by atoms with E-state index in [1.165, 1.54) is 0 Å². The zero-order valence-electron chi connectivity index (χ0n) is 23.4. The summed E-state index contributed by atoms with van der Waals surface area (Å²) in [6, 6.07) is 35.9. The highest BCUT2D eigenvalue weighted by molar-refractivity contribution is 14.1. The van der Waals surface area contributed by atoms with E-state index in [-0.39, 0.29) is 5.56 Å². The van der Waals surface area contributed by atoms with Crippen LogP contribution in [-0.4, -0.2) is 19.7 Å². The van der Waals surface area contributed by atoms with E-state index in [0.717, 1.165) is 25.9 Å². The second-order valence-corrected chi connectivity index (χ2v) is 12.3. The van der Waals surface area contributed by atoms with E-state index in [0.29, 0.717) is 56.3 Å². The van der Waals surface area contributed by atoms with Gasteiger partial charge in [0, 0.05) is 26.8 Å². The van der Waals surface area contributed by atoms with Crippen molar-refractivity contribution in [3.63, 3.8) is 0 Å². The van der Waals surface area contributed by atoms with Gasteiger partial charge in [-0.3, -0.25) is 9.36 Å². The van der Waals surface area contributed by atoms with Gasteiger partial charge in [-0.25, -0.2) is 4.98 Å². The molecule has 7 aromatic rings. The van der Waals surface area contributed by atoms with Crippen LogP contribution >= 0.6 is 45.8 Å². The second-order valence-electron chi connectivity index (χ2n) is 10.2. The van der Waals surface area contributed by atoms with Gasteiger partial charge in [-0.15, -0.1) is 10.2 Å². The summed E-state index contributed by atoms with van der Waals surface area (Å²) in [5.41, 5.74) is 5.03. The lowest BCUT2D eigenvalue weighted by Crippen LogP contribution is -2.24. The van der Waals surface area contributed by atoms with Gasteiger partial charge in [-0.05, 0) is 101 Å². The van der Waals surface area contributed by atoms with E-state index in [1.807, 2.05) is 97.1 Å². The van der Waals surface area contributed by atoms with Gasteiger partial charge < -0.3 is 9.73 Å². The Bertz CT molecular complexity index is 2210. The quantitative estimate of drug-likeness (QED) is 0.164. The molecule has 0 aliphatic heterocycles. The number of benzene rings is 5. The molecule has 0 fully saturated rings. The van der Waals surface area contributed by atoms with Crippen LogP contribution in [0.1, 0.15) is 11.4 Å². The zero-order chi connectivity index (χ0) is 30.9. The maximum absolute atomic E-state index is 14.1. The highest BCUT2D eigenvalue weighted by atomic mass is 127. The van der Waals surface area contributed by atoms with Crippen LogP contribution in [0.15, 0.2) is 124 Å². The molecule has 0 aliphatic rings. The number of para-hydroxylation sites is 2. The van der Waals surface area contributed by atoms with Gasteiger partial charge >= 0.3 is 0 Å². The third-order valence-electron chi connectivity index (χ3n) is 7.31. The van der Waals surface area contributed by atoms with Crippen LogP contribution in [0.4, 0.5) is 11.4 Å². The fourth-order valence-electron chi connectivity index (χ4n) is 5.10. The van der Waals surface area contributed by atoms with Crippen molar-refractivity contribution in [1.82, 2.24) is 19.7 Å². The first-order valence-electron chi connectivity index (χ1n) is 13.9. The van der Waals surface area contributed by atoms with E-state index < -0.39 is 0 Å². The lowest BCUT2D eigenvalue weighted by atomic mass is 10.1. The number of anilines is 2. The molecule has 0 radical (unpaired) electrons. The van der Waals surface area contributed by atoms with Gasteiger partial charge in [0.05, 0.1) is 32.3 Å². The maximum atomic E-state index is 14.1. The van der Waals surface area contributed by atoms with Crippen molar-refractivity contribution in [2.75, 3.05) is 5.32 Å². The second kappa shape index (κ2) is 12.5. The number of rotatable bonds is 7. The van der Waals surface area contributed by atoms with Gasteiger partial charge in [-0.1, -0.05) is 65.7 Å². The Hall–Kier alpha value is -4.51. The first kappa shape index (κ1) is 29.2. The van der Waals surface area contributed by atoms with Crippen LogP contribution in [-0.2, 0) is 6.42 Å². The Morgan fingerprint density at radius 3 is 2.16 bits per heavy atom. The van der Waals surface area contributed by atoms with Crippen LogP contribution in [0, 0.1) is 3.57 Å². The highest BCUT2D eigenvalue weighted by Gasteiger charge is 2.17. The minimum atomic E-state index is -0.162. The van der Waals surface area contributed by atoms with E-state index in [1.54, 1.807) is 22.8 Å². The number of nitrogens with zero attached hydrogens (tertiary/aromatic N) is 4. The molecule has 0 saturated carbocycles. The highest BCUT2D eigenvalue weighted by Crippen LogP contribution is 2.34. The minimum Gasteiger partial charge on any atom is -0.416 e. The van der Waals surface area contributed by atoms with E-state index in [9.17, 15) is 4.79 Å². The molecule has 2 heterocycles. The van der Waals surface area contributed by atoms with Crippen molar-refractivity contribution in [2.24, 2.45) is 0 Å². The van der Waals surface area contributed by atoms with Gasteiger partial charge in [0.1, 0.15) is 5.82 Å². The average Bonchev–Trinajstić information content (AvgIpc) is 3.55. The predicted octanol–water partition coefficient (Wildman–Crippen LogP) is 9.35. The Labute approximate surface area is 281 Å². The molecule has 0 atom stereocenters. The molecule has 45 heavy (non-hydrogen) atoms. The smallest absolute Gasteiger partial charge is 0.266 e. The summed E-state index contributed by atoms with van der Waals surface area (Å²) in [7, 11) is 0. The van der Waals surface area contributed by atoms with Crippen molar-refractivity contribution in [3.8, 4) is 28.6 Å². The lowest BCUT2D eigenvalue weighted by molar-refractivity contribution is 0.584. The molecule has 7 nitrogen and oxygen atoms in total. The van der Waals surface area contributed by atoms with Crippen molar-refractivity contribution < 1.29 is 4.42 Å². The molecule has 0 saturated heterocycles. The van der Waals surface area contributed by atoms with E-state index in [2.05, 4.69) is 38.1 Å². The van der Waals surface area contributed by atoms with E-state index in [4.69, 9.17) is 32.6 Å². The fourth-order valence-corrected chi connectivity index (χ4v) is 6.08. The summed E-state index contributed by atoms with van der Waals surface area (Å²) in [6.07, 6.45) is 0.355. The summed E-state index contributed by atoms with van der Waals surface area (Å²) in [6.45, 7) is 0. The molecule has 0 amide bonds. The third kappa shape index (κ3) is 5.96. The van der Waals surface area contributed by atoms with Crippen LogP contribution in [0.3, 0.4) is 0 Å². The SMILES string of the molecule is O=c1c2cc(I)ccc2nc(Cc2ccccc2Nc2c(Cl)cccc2Cl)n1-c1ccc(-c2nnc(-c3ccccc3)o2)cc1. The number of hydrogen-bond donors (Lipinski definition) is 1. The third-order valence-corrected chi connectivity index (χ3v) is 8.61. The average molecular weight is 742 g/mol. The van der Waals surface area contributed by atoms with Gasteiger partial charge in [0.25, 0.3) is 5.56 Å². The molecule has 0 bridgehead atoms. The van der Waals surface area contributed by atoms with Gasteiger partial charge in [0.15, 0.2) is 0 Å². The maximum Gasteiger partial charge on any atom is 0.266 e. The van der Waals surface area contributed by atoms with Crippen LogP contribution in [0.5, 0.6) is 0 Å². The van der Waals surface area contributed by atoms with Crippen molar-refractivity contribution in [2.45, 2.75) is 6.42 Å². The first-order chi connectivity index (χ1) is 21.9. The summed E-state index contributed by atoms with van der Waals surface area (Å²) in [5, 5.41) is 13.4. The van der Waals surface area contributed by atoms with Crippen LogP contribution in [0.2, 0.25) is 10.0 Å². The van der Waals surface area contributed by atoms with Gasteiger partial charge in [-0.2, -0.15) is 0 Å². The molecule has 0 unspecified atom stereocenters. The first-order valence-corrected chi connectivity index (χ1v) is 15.8. The molecular weight excluding hydrogens is 720 g/mol. The number of aromatic nitrogens is 4. The molecule has 0 spiro atoms. The summed E-state index contributed by atoms with van der Waals surface area (Å²) >= 11 is 15.1. The standard InChI is InChI=1S/C35H22Cl2IN5O2/c36-27-10-6-11-28(37)32(27)40-29-12-5-4-9-23(29)19-31-39-30-18-15-24(38)20-26(30)35(44)43(31)25-16-13-22(14-17-25)34-42-41-33(45-34)21-7-2-1-3-8-21/h1-18,20,40H,19H2. The number of hydrogen-bond acceptors (Lipinski definition) is 6. The van der Waals surface area contributed by atoms with Crippen molar-refractivity contribution in [3.05, 3.63) is 151 Å². The van der Waals surface area contributed by atoms with Gasteiger partial charge in [0.2, 0.25) is 11.8 Å². The van der Waals surface area contributed by atoms with Crippen molar-refractivity contribution in [1.29, 1.82) is 0 Å². The Morgan fingerprint density at radius 2 is 1.42 bits per heavy atom. The summed E-state index contributed by atoms with van der Waals surface area (Å²) in [4.78, 5) is 19.1. The molecule has 220 valence electrons. The summed E-state index contributed by atoms with van der Waals surface area (Å²) < 4.78 is 8.55. The van der Waals surface area contributed by atoms with Crippen molar-refractivity contribution >= 4 is 68.1 Å². The lowest BCUT2D eigenvalue weighted by Gasteiger charge is -2.17. The Balaban J connectivity index is 1.29. The summed E-state index contributed by atoms with van der Waals surface area (Å²) in [5.74, 6) is 1.40. The Morgan fingerprint density at radius 1 is 0.756 bits per heavy atom. The monoisotopic (exact) mass is 741 g/mol. The molecular formula is C35H22Cl2IN5O2. The Kier molecular flexibility index (Phi) is 8.10. The van der Waals surface area contributed by atoms with E-state index >= 15 is 0 Å². The number of nitrogens with one attached hydrogen (secondary N) is 1. The molecule has 10 heteroatoms. The zero-order valence-corrected chi connectivity index (χ0v) is 27.1. The predicted molar refractivity (Wildman–Crippen MR) is 188 cm³/mol. The molecule has 2 aromatic heterocycles. The van der Waals surface area contributed by atoms with Crippen LogP contribution < -0.4 is 10.9 Å². The molecule has 5 aromatic carbocycles. The largest absolute Gasteiger partial charge is 0.416 e. The molecule has 1 N–H and O–H groups in total. The normalized spacial score (nSPS) is 11.2. The number of halogens is 3.